The van der Waals surface area contributed by atoms with Gasteiger partial charge in [-0.15, -0.1) is 0 Å². The summed E-state index contributed by atoms with van der Waals surface area (Å²) in [7, 11) is 4.16. The number of rotatable bonds is 10. The van der Waals surface area contributed by atoms with Gasteiger partial charge in [-0.2, -0.15) is 0 Å². The first kappa shape index (κ1) is 20.3. The molecule has 0 spiro atoms. The third-order valence-electron chi connectivity index (χ3n) is 4.81. The van der Waals surface area contributed by atoms with Crippen LogP contribution in [0.2, 0.25) is 0 Å². The van der Waals surface area contributed by atoms with Gasteiger partial charge in [-0.3, -0.25) is 0 Å². The van der Waals surface area contributed by atoms with Gasteiger partial charge in [0.15, 0.2) is 0 Å². The van der Waals surface area contributed by atoms with Crippen molar-refractivity contribution in [2.45, 2.75) is 25.4 Å². The van der Waals surface area contributed by atoms with Gasteiger partial charge in [0.1, 0.15) is 6.10 Å². The maximum Gasteiger partial charge on any atom is 0.101 e. The fourth-order valence-corrected chi connectivity index (χ4v) is 3.21. The van der Waals surface area contributed by atoms with Crippen LogP contribution in [0.4, 0.5) is 0 Å². The van der Waals surface area contributed by atoms with E-state index in [1.807, 2.05) is 42.5 Å². The molecule has 0 saturated carbocycles. The minimum atomic E-state index is -0.0767. The summed E-state index contributed by atoms with van der Waals surface area (Å²) in [4.78, 5) is 2.19. The van der Waals surface area contributed by atoms with E-state index in [0.717, 1.165) is 0 Å². The van der Waals surface area contributed by atoms with Crippen molar-refractivity contribution in [1.82, 2.24) is 4.90 Å². The number of ether oxygens (including phenoxy) is 2. The van der Waals surface area contributed by atoms with Crippen molar-refractivity contribution in [2.24, 2.45) is 0 Å². The number of likely N-dealkylation sites (N-methyl/N-ethyl adjacent to an activating group) is 1. The molecule has 0 aliphatic heterocycles. The average Bonchev–Trinajstić information content (AvgIpc) is 2.74. The fourth-order valence-electron chi connectivity index (χ4n) is 3.21. The van der Waals surface area contributed by atoms with E-state index >= 15 is 0 Å². The molecule has 3 aromatic rings. The summed E-state index contributed by atoms with van der Waals surface area (Å²) < 4.78 is 12.5. The standard InChI is InChI=1S/C25H29NO2/c1-26(2)24(20-27-18-21-12-6-3-7-13-21)25(23-16-10-5-11-17-23)28-19-22-14-8-4-9-15-22/h3-17,24-25H,18-20H2,1-2H3/t24-,25-/m0/s1. The zero-order chi connectivity index (χ0) is 19.6. The quantitative estimate of drug-likeness (QED) is 0.493. The minimum absolute atomic E-state index is 0.0767. The van der Waals surface area contributed by atoms with Gasteiger partial charge < -0.3 is 14.4 Å². The van der Waals surface area contributed by atoms with E-state index < -0.39 is 0 Å². The first-order valence-electron chi connectivity index (χ1n) is 9.72. The number of hydrogen-bond acceptors (Lipinski definition) is 3. The summed E-state index contributed by atoms with van der Waals surface area (Å²) in [5.41, 5.74) is 3.52. The lowest BCUT2D eigenvalue weighted by atomic mass is 10.0. The summed E-state index contributed by atoms with van der Waals surface area (Å²) in [6.45, 7) is 1.77. The molecule has 0 amide bonds. The molecule has 0 fully saturated rings. The van der Waals surface area contributed by atoms with Crippen LogP contribution in [0.3, 0.4) is 0 Å². The van der Waals surface area contributed by atoms with Gasteiger partial charge in [0.05, 0.1) is 25.9 Å². The van der Waals surface area contributed by atoms with Gasteiger partial charge in [-0.25, -0.2) is 0 Å². The molecule has 0 bridgehead atoms. The second kappa shape index (κ2) is 10.8. The molecular formula is C25H29NO2. The summed E-state index contributed by atoms with van der Waals surface area (Å²) in [5.74, 6) is 0. The summed E-state index contributed by atoms with van der Waals surface area (Å²) >= 11 is 0. The van der Waals surface area contributed by atoms with Gasteiger partial charge in [-0.05, 0) is 30.8 Å². The second-order valence-electron chi connectivity index (χ2n) is 7.16. The minimum Gasteiger partial charge on any atom is -0.375 e. The van der Waals surface area contributed by atoms with Gasteiger partial charge in [0.25, 0.3) is 0 Å². The maximum absolute atomic E-state index is 6.42. The van der Waals surface area contributed by atoms with Crippen molar-refractivity contribution in [2.75, 3.05) is 20.7 Å². The molecule has 0 aliphatic carbocycles. The molecule has 0 heterocycles. The van der Waals surface area contributed by atoms with E-state index in [0.29, 0.717) is 19.8 Å². The van der Waals surface area contributed by atoms with E-state index in [2.05, 4.69) is 67.5 Å². The molecule has 0 radical (unpaired) electrons. The second-order valence-corrected chi connectivity index (χ2v) is 7.16. The largest absolute Gasteiger partial charge is 0.375 e. The van der Waals surface area contributed by atoms with Crippen molar-refractivity contribution in [3.8, 4) is 0 Å². The van der Waals surface area contributed by atoms with Crippen LogP contribution in [0.5, 0.6) is 0 Å². The zero-order valence-electron chi connectivity index (χ0n) is 16.7. The van der Waals surface area contributed by atoms with Crippen LogP contribution in [0.1, 0.15) is 22.8 Å². The van der Waals surface area contributed by atoms with E-state index in [4.69, 9.17) is 9.47 Å². The van der Waals surface area contributed by atoms with Crippen LogP contribution in [-0.4, -0.2) is 31.6 Å². The molecule has 28 heavy (non-hydrogen) atoms. The van der Waals surface area contributed by atoms with E-state index in [-0.39, 0.29) is 12.1 Å². The zero-order valence-corrected chi connectivity index (χ0v) is 16.7. The van der Waals surface area contributed by atoms with Gasteiger partial charge in [-0.1, -0.05) is 91.0 Å². The molecule has 0 aromatic heterocycles. The van der Waals surface area contributed by atoms with Crippen molar-refractivity contribution >= 4 is 0 Å². The Morgan fingerprint density at radius 2 is 1.18 bits per heavy atom. The van der Waals surface area contributed by atoms with Crippen LogP contribution < -0.4 is 0 Å². The Morgan fingerprint density at radius 1 is 0.679 bits per heavy atom. The Kier molecular flexibility index (Phi) is 7.80. The van der Waals surface area contributed by atoms with Gasteiger partial charge in [0.2, 0.25) is 0 Å². The van der Waals surface area contributed by atoms with E-state index in [1.54, 1.807) is 0 Å². The lowest BCUT2D eigenvalue weighted by Gasteiger charge is -2.32. The third kappa shape index (κ3) is 6.03. The molecule has 2 atom stereocenters. The van der Waals surface area contributed by atoms with Crippen molar-refractivity contribution < 1.29 is 9.47 Å². The summed E-state index contributed by atoms with van der Waals surface area (Å²) in [5, 5.41) is 0. The molecule has 146 valence electrons. The van der Waals surface area contributed by atoms with Crippen LogP contribution in [0, 0.1) is 0 Å². The molecule has 3 nitrogen and oxygen atoms in total. The monoisotopic (exact) mass is 375 g/mol. The Morgan fingerprint density at radius 3 is 1.71 bits per heavy atom. The normalized spacial score (nSPS) is 13.4. The van der Waals surface area contributed by atoms with Crippen molar-refractivity contribution in [3.05, 3.63) is 108 Å². The molecule has 0 N–H and O–H groups in total. The smallest absolute Gasteiger partial charge is 0.101 e. The Labute approximate surface area is 168 Å². The van der Waals surface area contributed by atoms with Gasteiger partial charge >= 0.3 is 0 Å². The van der Waals surface area contributed by atoms with Crippen molar-refractivity contribution in [3.63, 3.8) is 0 Å². The van der Waals surface area contributed by atoms with E-state index in [1.165, 1.54) is 16.7 Å². The molecule has 0 aliphatic rings. The molecular weight excluding hydrogens is 346 g/mol. The predicted octanol–water partition coefficient (Wildman–Crippen LogP) is 5.09. The first-order valence-corrected chi connectivity index (χ1v) is 9.72. The molecule has 3 heteroatoms. The lowest BCUT2D eigenvalue weighted by Crippen LogP contribution is -2.39. The highest BCUT2D eigenvalue weighted by Gasteiger charge is 2.26. The highest BCUT2D eigenvalue weighted by atomic mass is 16.5. The van der Waals surface area contributed by atoms with Crippen LogP contribution in [0.15, 0.2) is 91.0 Å². The fraction of sp³-hybridized carbons (Fsp3) is 0.280. The van der Waals surface area contributed by atoms with Crippen LogP contribution >= 0.6 is 0 Å². The average molecular weight is 376 g/mol. The predicted molar refractivity (Wildman–Crippen MR) is 114 cm³/mol. The summed E-state index contributed by atoms with van der Waals surface area (Å²) in [6, 6.07) is 31.1. The maximum atomic E-state index is 6.42. The molecule has 3 rings (SSSR count). The highest BCUT2D eigenvalue weighted by molar-refractivity contribution is 5.20. The highest BCUT2D eigenvalue weighted by Crippen LogP contribution is 2.26. The van der Waals surface area contributed by atoms with E-state index in [9.17, 15) is 0 Å². The first-order chi connectivity index (χ1) is 13.7. The van der Waals surface area contributed by atoms with Crippen molar-refractivity contribution in [1.29, 1.82) is 0 Å². The Hall–Kier alpha value is -2.46. The Balaban J connectivity index is 1.70. The molecule has 0 saturated heterocycles. The number of hydrogen-bond donors (Lipinski definition) is 0. The lowest BCUT2D eigenvalue weighted by molar-refractivity contribution is -0.0477. The van der Waals surface area contributed by atoms with Crippen LogP contribution in [0.25, 0.3) is 0 Å². The van der Waals surface area contributed by atoms with Gasteiger partial charge in [0, 0.05) is 0 Å². The SMILES string of the molecule is CN(C)[C@@H](COCc1ccccc1)[C@@H](OCc1ccccc1)c1ccccc1. The molecule has 0 unspecified atom stereocenters. The summed E-state index contributed by atoms with van der Waals surface area (Å²) in [6.07, 6.45) is -0.0767. The number of nitrogens with zero attached hydrogens (tertiary/aromatic N) is 1. The third-order valence-corrected chi connectivity index (χ3v) is 4.81. The topological polar surface area (TPSA) is 21.7 Å². The van der Waals surface area contributed by atoms with Crippen LogP contribution in [-0.2, 0) is 22.7 Å². The number of benzene rings is 3. The Bertz CT molecular complexity index is 791. The molecule has 3 aromatic carbocycles.